The quantitative estimate of drug-likeness (QED) is 0.788. The molecule has 1 aromatic rings. The number of primary amides is 1. The maximum Gasteiger partial charge on any atom is 0.252 e. The van der Waals surface area contributed by atoms with Crippen molar-refractivity contribution in [3.05, 3.63) is 16.0 Å². The van der Waals surface area contributed by atoms with Crippen LogP contribution in [0.25, 0.3) is 0 Å². The van der Waals surface area contributed by atoms with Crippen LogP contribution in [0.3, 0.4) is 0 Å². The van der Waals surface area contributed by atoms with Crippen LogP contribution in [0.1, 0.15) is 62.3 Å². The van der Waals surface area contributed by atoms with Gasteiger partial charge in [-0.2, -0.15) is 0 Å². The van der Waals surface area contributed by atoms with Crippen LogP contribution in [0.5, 0.6) is 0 Å². The normalized spacial score (nSPS) is 18.9. The predicted octanol–water partition coefficient (Wildman–Crippen LogP) is 1.57. The van der Waals surface area contributed by atoms with E-state index >= 15 is 0 Å². The highest BCUT2D eigenvalue weighted by Crippen LogP contribution is 2.42. The van der Waals surface area contributed by atoms with Gasteiger partial charge in [0.05, 0.1) is 16.0 Å². The molecule has 0 radical (unpaired) electrons. The third-order valence-corrected chi connectivity index (χ3v) is 5.47. The lowest BCUT2D eigenvalue weighted by Crippen LogP contribution is -3.03. The Morgan fingerprint density at radius 3 is 2.36 bits per heavy atom. The summed E-state index contributed by atoms with van der Waals surface area (Å²) in [5, 5.41) is 5.79. The molecule has 1 aromatic heterocycles. The Balaban J connectivity index is 2.58. The highest BCUT2D eigenvalue weighted by atomic mass is 32.1. The van der Waals surface area contributed by atoms with Crippen molar-refractivity contribution in [1.82, 2.24) is 0 Å². The lowest BCUT2D eigenvalue weighted by Gasteiger charge is -2.38. The molecule has 1 aliphatic heterocycles. The monoisotopic (exact) mass is 324 g/mol. The number of carbonyl (C=O) groups excluding carboxylic acids is 2. The molecule has 6 heteroatoms. The number of amides is 2. The molecule has 0 fully saturated rings. The molecule has 5 nitrogen and oxygen atoms in total. The Morgan fingerprint density at radius 1 is 1.27 bits per heavy atom. The van der Waals surface area contributed by atoms with E-state index in [4.69, 9.17) is 5.73 Å². The van der Waals surface area contributed by atoms with Crippen molar-refractivity contribution in [2.75, 3.05) is 5.32 Å². The van der Waals surface area contributed by atoms with Gasteiger partial charge in [0.15, 0.2) is 0 Å². The summed E-state index contributed by atoms with van der Waals surface area (Å²) < 4.78 is 0. The molecule has 2 amide bonds. The molecule has 0 saturated carbocycles. The van der Waals surface area contributed by atoms with Crippen molar-refractivity contribution in [1.29, 1.82) is 0 Å². The van der Waals surface area contributed by atoms with Crippen molar-refractivity contribution >= 4 is 28.2 Å². The summed E-state index contributed by atoms with van der Waals surface area (Å²) in [7, 11) is 0. The van der Waals surface area contributed by atoms with E-state index in [0.29, 0.717) is 10.6 Å². The first-order valence-electron chi connectivity index (χ1n) is 7.58. The molecule has 122 valence electrons. The molecule has 0 aromatic carbocycles. The fourth-order valence-corrected chi connectivity index (χ4v) is 4.61. The van der Waals surface area contributed by atoms with Crippen molar-refractivity contribution in [3.8, 4) is 0 Å². The number of hydrogen-bond donors (Lipinski definition) is 3. The average molecular weight is 324 g/mol. The van der Waals surface area contributed by atoms with Gasteiger partial charge in [-0.15, -0.1) is 11.3 Å². The van der Waals surface area contributed by atoms with E-state index in [0.717, 1.165) is 16.9 Å². The van der Waals surface area contributed by atoms with Crippen molar-refractivity contribution in [3.63, 3.8) is 0 Å². The zero-order valence-corrected chi connectivity index (χ0v) is 15.0. The van der Waals surface area contributed by atoms with Gasteiger partial charge < -0.3 is 16.4 Å². The zero-order valence-electron chi connectivity index (χ0n) is 14.2. The summed E-state index contributed by atoms with van der Waals surface area (Å²) in [5.41, 5.74) is 6.94. The van der Waals surface area contributed by atoms with Crippen LogP contribution in [0, 0.1) is 5.92 Å². The van der Waals surface area contributed by atoms with E-state index in [9.17, 15) is 9.59 Å². The van der Waals surface area contributed by atoms with Crippen LogP contribution in [0.4, 0.5) is 5.00 Å². The van der Waals surface area contributed by atoms with Gasteiger partial charge in [-0.1, -0.05) is 13.8 Å². The topological polar surface area (TPSA) is 88.8 Å². The fourth-order valence-electron chi connectivity index (χ4n) is 3.31. The predicted molar refractivity (Wildman–Crippen MR) is 89.0 cm³/mol. The molecule has 22 heavy (non-hydrogen) atoms. The van der Waals surface area contributed by atoms with Gasteiger partial charge in [0.2, 0.25) is 5.91 Å². The zero-order chi connectivity index (χ0) is 16.9. The largest absolute Gasteiger partial charge is 0.365 e. The number of thiophene rings is 1. The van der Waals surface area contributed by atoms with Crippen molar-refractivity contribution in [2.24, 2.45) is 11.7 Å². The van der Waals surface area contributed by atoms with Crippen LogP contribution in [-0.2, 0) is 16.8 Å². The third-order valence-electron chi connectivity index (χ3n) is 3.98. The van der Waals surface area contributed by atoms with E-state index in [1.165, 1.54) is 11.3 Å². The summed E-state index contributed by atoms with van der Waals surface area (Å²) in [4.78, 5) is 25.1. The number of nitrogens with two attached hydrogens (primary N) is 2. The first-order chi connectivity index (χ1) is 9.94. The molecule has 2 heterocycles. The second-order valence-corrected chi connectivity index (χ2v) is 8.67. The number of anilines is 1. The van der Waals surface area contributed by atoms with Crippen LogP contribution in [0.15, 0.2) is 0 Å². The Hall–Kier alpha value is -1.40. The molecule has 0 bridgehead atoms. The number of rotatable bonds is 3. The minimum Gasteiger partial charge on any atom is -0.365 e. The Morgan fingerprint density at radius 2 is 1.86 bits per heavy atom. The molecule has 5 N–H and O–H groups in total. The molecule has 0 spiro atoms. The molecule has 2 rings (SSSR count). The number of carbonyl (C=O) groups is 2. The lowest BCUT2D eigenvalue weighted by atomic mass is 9.81. The van der Waals surface area contributed by atoms with E-state index in [1.807, 2.05) is 13.8 Å². The van der Waals surface area contributed by atoms with Crippen LogP contribution < -0.4 is 16.4 Å². The van der Waals surface area contributed by atoms with E-state index in [-0.39, 0.29) is 22.9 Å². The minimum atomic E-state index is -0.468. The standard InChI is InChI=1S/C16H25N3O2S/c1-8(2)13(21)18-14-10(12(17)20)9-7-15(3,4)19-16(5,6)11(9)22-14/h8,19H,7H2,1-6H3,(H2,17,20)(H,18,21)/p+1. The summed E-state index contributed by atoms with van der Waals surface area (Å²) in [6.45, 7) is 12.3. The molecule has 0 aliphatic carbocycles. The van der Waals surface area contributed by atoms with Gasteiger partial charge in [-0.05, 0) is 33.3 Å². The minimum absolute atomic E-state index is 0.0128. The second kappa shape index (κ2) is 5.35. The number of hydrogen-bond acceptors (Lipinski definition) is 3. The molecular formula is C16H26N3O2S+. The number of quaternary nitrogens is 1. The summed E-state index contributed by atoms with van der Waals surface area (Å²) in [6, 6.07) is 0. The Kier molecular flexibility index (Phi) is 4.13. The molecule has 0 saturated heterocycles. The highest BCUT2D eigenvalue weighted by Gasteiger charge is 2.45. The Bertz CT molecular complexity index is 630. The highest BCUT2D eigenvalue weighted by molar-refractivity contribution is 7.17. The van der Waals surface area contributed by atoms with Gasteiger partial charge >= 0.3 is 0 Å². The Labute approximate surface area is 135 Å². The summed E-state index contributed by atoms with van der Waals surface area (Å²) in [5.74, 6) is -0.705. The van der Waals surface area contributed by atoms with E-state index in [1.54, 1.807) is 0 Å². The SMILES string of the molecule is CC(C)C(=O)Nc1sc2c(c1C(N)=O)CC(C)(C)[NH2+]C2(C)C. The average Bonchev–Trinajstić information content (AvgIpc) is 2.65. The van der Waals surface area contributed by atoms with Crippen LogP contribution in [0.2, 0.25) is 0 Å². The number of fused-ring (bicyclic) bond motifs is 1. The van der Waals surface area contributed by atoms with Gasteiger partial charge in [-0.25, -0.2) is 0 Å². The smallest absolute Gasteiger partial charge is 0.252 e. The lowest BCUT2D eigenvalue weighted by molar-refractivity contribution is -0.789. The van der Waals surface area contributed by atoms with Crippen LogP contribution in [-0.4, -0.2) is 17.4 Å². The fraction of sp³-hybridized carbons (Fsp3) is 0.625. The second-order valence-electron chi connectivity index (χ2n) is 7.65. The van der Waals surface area contributed by atoms with Crippen LogP contribution >= 0.6 is 11.3 Å². The maximum absolute atomic E-state index is 12.0. The van der Waals surface area contributed by atoms with Crippen molar-refractivity contribution in [2.45, 2.75) is 59.0 Å². The summed E-state index contributed by atoms with van der Waals surface area (Å²) in [6.07, 6.45) is 0.762. The first-order valence-corrected chi connectivity index (χ1v) is 8.40. The maximum atomic E-state index is 12.0. The van der Waals surface area contributed by atoms with E-state index < -0.39 is 5.91 Å². The van der Waals surface area contributed by atoms with Gasteiger partial charge in [0.1, 0.15) is 10.5 Å². The summed E-state index contributed by atoms with van der Waals surface area (Å²) >= 11 is 1.48. The van der Waals surface area contributed by atoms with Gasteiger partial charge in [-0.3, -0.25) is 9.59 Å². The molecular weight excluding hydrogens is 298 g/mol. The van der Waals surface area contributed by atoms with Gasteiger partial charge in [0.25, 0.3) is 5.91 Å². The van der Waals surface area contributed by atoms with Crippen molar-refractivity contribution < 1.29 is 14.9 Å². The third kappa shape index (κ3) is 3.03. The number of nitrogens with one attached hydrogen (secondary N) is 1. The molecule has 1 aliphatic rings. The van der Waals surface area contributed by atoms with E-state index in [2.05, 4.69) is 38.3 Å². The first kappa shape index (κ1) is 17.0. The molecule has 0 unspecified atom stereocenters. The van der Waals surface area contributed by atoms with Gasteiger partial charge in [0, 0.05) is 12.3 Å². The molecule has 0 atom stereocenters.